The van der Waals surface area contributed by atoms with Gasteiger partial charge in [-0.1, -0.05) is 6.07 Å². The standard InChI is InChI=1S/C22H33FN4O2/c1-5-27-17(3)21(16(2)24-27)15-25-9-10-26(19(14-25)8-11-28)13-18-6-7-20(29-4)12-22(18)23/h6-7,12,19,28H,5,8-11,13-15H2,1-4H3/t19-/m0/s1. The monoisotopic (exact) mass is 404 g/mol. The molecule has 1 fully saturated rings. The van der Waals surface area contributed by atoms with E-state index in [0.29, 0.717) is 24.3 Å². The zero-order chi connectivity index (χ0) is 21.0. The van der Waals surface area contributed by atoms with Crippen molar-refractivity contribution in [2.24, 2.45) is 0 Å². The van der Waals surface area contributed by atoms with Crippen LogP contribution in [-0.4, -0.2) is 64.1 Å². The quantitative estimate of drug-likeness (QED) is 0.733. The van der Waals surface area contributed by atoms with Crippen molar-refractivity contribution in [3.8, 4) is 5.75 Å². The maximum Gasteiger partial charge on any atom is 0.131 e. The first-order chi connectivity index (χ1) is 14.0. The van der Waals surface area contributed by atoms with Gasteiger partial charge in [0.15, 0.2) is 0 Å². The summed E-state index contributed by atoms with van der Waals surface area (Å²) in [5.41, 5.74) is 4.28. The molecule has 0 amide bonds. The van der Waals surface area contributed by atoms with Gasteiger partial charge in [0.05, 0.1) is 12.8 Å². The summed E-state index contributed by atoms with van der Waals surface area (Å²) in [6, 6.07) is 5.22. The first kappa shape index (κ1) is 21.7. The van der Waals surface area contributed by atoms with E-state index in [1.807, 2.05) is 0 Å². The van der Waals surface area contributed by atoms with Crippen LogP contribution < -0.4 is 4.74 Å². The number of methoxy groups -OCH3 is 1. The SMILES string of the molecule is CCn1nc(C)c(CN2CCN(Cc3ccc(OC)cc3F)[C@@H](CCO)C2)c1C. The molecule has 2 heterocycles. The lowest BCUT2D eigenvalue weighted by Crippen LogP contribution is -2.52. The van der Waals surface area contributed by atoms with E-state index < -0.39 is 0 Å². The minimum Gasteiger partial charge on any atom is -0.497 e. The average molecular weight is 405 g/mol. The van der Waals surface area contributed by atoms with E-state index in [-0.39, 0.29) is 18.5 Å². The fraction of sp³-hybridized carbons (Fsp3) is 0.591. The predicted octanol–water partition coefficient (Wildman–Crippen LogP) is 2.74. The van der Waals surface area contributed by atoms with Gasteiger partial charge in [-0.15, -0.1) is 0 Å². The van der Waals surface area contributed by atoms with Crippen LogP contribution in [0.4, 0.5) is 4.39 Å². The van der Waals surface area contributed by atoms with Gasteiger partial charge in [-0.05, 0) is 33.3 Å². The lowest BCUT2D eigenvalue weighted by Gasteiger charge is -2.41. The molecule has 6 nitrogen and oxygen atoms in total. The Morgan fingerprint density at radius 1 is 1.24 bits per heavy atom. The van der Waals surface area contributed by atoms with E-state index >= 15 is 0 Å². The third-order valence-electron chi connectivity index (χ3n) is 6.00. The molecule has 1 aromatic heterocycles. The van der Waals surface area contributed by atoms with Crippen molar-refractivity contribution in [3.05, 3.63) is 46.5 Å². The number of aliphatic hydroxyl groups is 1. The van der Waals surface area contributed by atoms with E-state index in [1.54, 1.807) is 19.2 Å². The van der Waals surface area contributed by atoms with E-state index in [4.69, 9.17) is 4.74 Å². The third kappa shape index (κ3) is 4.97. The molecule has 2 aromatic rings. The number of aliphatic hydroxyl groups excluding tert-OH is 1. The number of ether oxygens (including phenoxy) is 1. The fourth-order valence-corrected chi connectivity index (χ4v) is 4.23. The highest BCUT2D eigenvalue weighted by Crippen LogP contribution is 2.23. The number of benzene rings is 1. The van der Waals surface area contributed by atoms with Crippen LogP contribution in [0.2, 0.25) is 0 Å². The van der Waals surface area contributed by atoms with Crippen LogP contribution in [0.1, 0.15) is 35.9 Å². The van der Waals surface area contributed by atoms with Gasteiger partial charge in [-0.2, -0.15) is 5.10 Å². The molecule has 1 atom stereocenters. The summed E-state index contributed by atoms with van der Waals surface area (Å²) >= 11 is 0. The first-order valence-electron chi connectivity index (χ1n) is 10.4. The topological polar surface area (TPSA) is 53.8 Å². The lowest BCUT2D eigenvalue weighted by molar-refractivity contribution is 0.0491. The van der Waals surface area contributed by atoms with Crippen LogP contribution in [0.15, 0.2) is 18.2 Å². The smallest absolute Gasteiger partial charge is 0.131 e. The zero-order valence-corrected chi connectivity index (χ0v) is 18.0. The number of nitrogens with zero attached hydrogens (tertiary/aromatic N) is 4. The number of piperazine rings is 1. The van der Waals surface area contributed by atoms with Gasteiger partial charge in [-0.3, -0.25) is 14.5 Å². The van der Waals surface area contributed by atoms with Gasteiger partial charge in [0.25, 0.3) is 0 Å². The molecule has 1 saturated heterocycles. The fourth-order valence-electron chi connectivity index (χ4n) is 4.23. The minimum atomic E-state index is -0.243. The van der Waals surface area contributed by atoms with Crippen molar-refractivity contribution in [2.45, 2.75) is 52.9 Å². The molecule has 1 aromatic carbocycles. The van der Waals surface area contributed by atoms with E-state index in [2.05, 4.69) is 40.4 Å². The van der Waals surface area contributed by atoms with Crippen molar-refractivity contribution in [1.29, 1.82) is 0 Å². The Balaban J connectivity index is 1.69. The molecule has 160 valence electrons. The third-order valence-corrected chi connectivity index (χ3v) is 6.00. The molecule has 1 aliphatic rings. The molecule has 0 bridgehead atoms. The van der Waals surface area contributed by atoms with Gasteiger partial charge in [0, 0.05) is 74.8 Å². The highest BCUT2D eigenvalue weighted by atomic mass is 19.1. The predicted molar refractivity (Wildman–Crippen MR) is 112 cm³/mol. The summed E-state index contributed by atoms with van der Waals surface area (Å²) in [4.78, 5) is 4.71. The van der Waals surface area contributed by atoms with Crippen molar-refractivity contribution in [3.63, 3.8) is 0 Å². The Bertz CT molecular complexity index is 823. The normalized spacial score (nSPS) is 18.3. The first-order valence-corrected chi connectivity index (χ1v) is 10.4. The van der Waals surface area contributed by atoms with Crippen LogP contribution in [0.3, 0.4) is 0 Å². The molecular weight excluding hydrogens is 371 g/mol. The second-order valence-electron chi connectivity index (χ2n) is 7.79. The molecular formula is C22H33FN4O2. The van der Waals surface area contributed by atoms with Crippen LogP contribution >= 0.6 is 0 Å². The van der Waals surface area contributed by atoms with Crippen molar-refractivity contribution in [2.75, 3.05) is 33.4 Å². The Labute approximate surface area is 172 Å². The highest BCUT2D eigenvalue weighted by Gasteiger charge is 2.28. The van der Waals surface area contributed by atoms with Crippen LogP contribution in [0, 0.1) is 19.7 Å². The van der Waals surface area contributed by atoms with Crippen LogP contribution in [0.5, 0.6) is 5.75 Å². The summed E-state index contributed by atoms with van der Waals surface area (Å²) < 4.78 is 21.6. The summed E-state index contributed by atoms with van der Waals surface area (Å²) in [5, 5.41) is 14.2. The number of hydrogen-bond acceptors (Lipinski definition) is 5. The second kappa shape index (κ2) is 9.69. The molecule has 7 heteroatoms. The maximum atomic E-state index is 14.4. The maximum absolute atomic E-state index is 14.4. The largest absolute Gasteiger partial charge is 0.497 e. The number of rotatable bonds is 8. The van der Waals surface area contributed by atoms with E-state index in [0.717, 1.165) is 38.4 Å². The Morgan fingerprint density at radius 3 is 2.66 bits per heavy atom. The summed E-state index contributed by atoms with van der Waals surface area (Å²) in [6.07, 6.45) is 0.681. The summed E-state index contributed by atoms with van der Waals surface area (Å²) in [6.45, 7) is 11.3. The van der Waals surface area contributed by atoms with Crippen molar-refractivity contribution < 1.29 is 14.2 Å². The van der Waals surface area contributed by atoms with Gasteiger partial charge >= 0.3 is 0 Å². The molecule has 0 unspecified atom stereocenters. The average Bonchev–Trinajstić information content (AvgIpc) is 2.98. The molecule has 0 spiro atoms. The molecule has 3 rings (SSSR count). The molecule has 0 saturated carbocycles. The second-order valence-corrected chi connectivity index (χ2v) is 7.79. The number of hydrogen-bond donors (Lipinski definition) is 1. The van der Waals surface area contributed by atoms with Crippen molar-refractivity contribution >= 4 is 0 Å². The molecule has 1 aliphatic heterocycles. The lowest BCUT2D eigenvalue weighted by atomic mass is 10.1. The highest BCUT2D eigenvalue weighted by molar-refractivity contribution is 5.29. The van der Waals surface area contributed by atoms with E-state index in [9.17, 15) is 9.50 Å². The molecule has 1 N–H and O–H groups in total. The number of aryl methyl sites for hydroxylation is 2. The Hall–Kier alpha value is -1.96. The molecule has 0 radical (unpaired) electrons. The van der Waals surface area contributed by atoms with Crippen LogP contribution in [0.25, 0.3) is 0 Å². The van der Waals surface area contributed by atoms with Crippen LogP contribution in [-0.2, 0) is 19.6 Å². The minimum absolute atomic E-state index is 0.131. The summed E-state index contributed by atoms with van der Waals surface area (Å²) in [5.74, 6) is 0.286. The van der Waals surface area contributed by atoms with Gasteiger partial charge < -0.3 is 9.84 Å². The van der Waals surface area contributed by atoms with Gasteiger partial charge in [0.2, 0.25) is 0 Å². The van der Waals surface area contributed by atoms with Crippen molar-refractivity contribution in [1.82, 2.24) is 19.6 Å². The molecule has 0 aliphatic carbocycles. The summed E-state index contributed by atoms with van der Waals surface area (Å²) in [7, 11) is 1.54. The Morgan fingerprint density at radius 2 is 2.03 bits per heavy atom. The number of halogens is 1. The zero-order valence-electron chi connectivity index (χ0n) is 18.0. The van der Waals surface area contributed by atoms with E-state index in [1.165, 1.54) is 17.3 Å². The number of aromatic nitrogens is 2. The molecule has 29 heavy (non-hydrogen) atoms. The Kier molecular flexibility index (Phi) is 7.27. The van der Waals surface area contributed by atoms with Gasteiger partial charge in [-0.25, -0.2) is 4.39 Å². The van der Waals surface area contributed by atoms with Gasteiger partial charge in [0.1, 0.15) is 11.6 Å².